The average Bonchev–Trinajstić information content (AvgIpc) is 2.12. The van der Waals surface area contributed by atoms with Gasteiger partial charge in [-0.1, -0.05) is 6.92 Å². The van der Waals surface area contributed by atoms with Crippen LogP contribution in [-0.4, -0.2) is 23.7 Å². The Morgan fingerprint density at radius 2 is 1.50 bits per heavy atom. The van der Waals surface area contributed by atoms with Gasteiger partial charge in [-0.05, 0) is 46.0 Å². The Balaban J connectivity index is 4.26. The Kier molecular flexibility index (Phi) is 6.48. The fourth-order valence-corrected chi connectivity index (χ4v) is 2.09. The summed E-state index contributed by atoms with van der Waals surface area (Å²) in [6.45, 7) is 8.12. The molecule has 98 valence electrons. The Bertz CT molecular complexity index is 189. The first-order valence-electron chi connectivity index (χ1n) is 6.22. The Labute approximate surface area is 100 Å². The first-order valence-corrected chi connectivity index (χ1v) is 6.22. The first kappa shape index (κ1) is 15.8. The van der Waals surface area contributed by atoms with Gasteiger partial charge in [-0.2, -0.15) is 0 Å². The number of hydrogen-bond donors (Lipinski definition) is 4. The second-order valence-electron chi connectivity index (χ2n) is 5.74. The lowest BCUT2D eigenvalue weighted by Gasteiger charge is -2.36. The van der Waals surface area contributed by atoms with Gasteiger partial charge in [-0.3, -0.25) is 0 Å². The molecule has 0 saturated carbocycles. The SMILES string of the molecule is CC(N)CCC(C)(N)C(N)C(C)CC(C)N. The molecule has 0 aliphatic heterocycles. The highest BCUT2D eigenvalue weighted by atomic mass is 14.9. The summed E-state index contributed by atoms with van der Waals surface area (Å²) in [5.41, 5.74) is 23.6. The average molecular weight is 230 g/mol. The molecule has 0 aromatic carbocycles. The van der Waals surface area contributed by atoms with E-state index < -0.39 is 0 Å². The van der Waals surface area contributed by atoms with Gasteiger partial charge in [-0.15, -0.1) is 0 Å². The van der Waals surface area contributed by atoms with Gasteiger partial charge in [0.1, 0.15) is 0 Å². The van der Waals surface area contributed by atoms with E-state index in [0.717, 1.165) is 19.3 Å². The van der Waals surface area contributed by atoms with Crippen molar-refractivity contribution >= 4 is 0 Å². The van der Waals surface area contributed by atoms with Crippen LogP contribution in [0.5, 0.6) is 0 Å². The summed E-state index contributed by atoms with van der Waals surface area (Å²) >= 11 is 0. The van der Waals surface area contributed by atoms with Crippen LogP contribution in [0.3, 0.4) is 0 Å². The third kappa shape index (κ3) is 5.80. The summed E-state index contributed by atoms with van der Waals surface area (Å²) in [7, 11) is 0. The summed E-state index contributed by atoms with van der Waals surface area (Å²) in [6.07, 6.45) is 2.67. The molecule has 0 spiro atoms. The van der Waals surface area contributed by atoms with Crippen molar-refractivity contribution in [3.8, 4) is 0 Å². The summed E-state index contributed by atoms with van der Waals surface area (Å²) in [5, 5.41) is 0. The third-order valence-electron chi connectivity index (χ3n) is 3.26. The molecule has 16 heavy (non-hydrogen) atoms. The molecule has 8 N–H and O–H groups in total. The van der Waals surface area contributed by atoms with Crippen molar-refractivity contribution in [3.05, 3.63) is 0 Å². The van der Waals surface area contributed by atoms with Crippen LogP contribution in [0.25, 0.3) is 0 Å². The second kappa shape index (κ2) is 6.55. The van der Waals surface area contributed by atoms with Crippen molar-refractivity contribution in [1.82, 2.24) is 0 Å². The van der Waals surface area contributed by atoms with Crippen LogP contribution in [0.15, 0.2) is 0 Å². The summed E-state index contributed by atoms with van der Waals surface area (Å²) in [5.74, 6) is 0.336. The van der Waals surface area contributed by atoms with Crippen LogP contribution in [0.4, 0.5) is 0 Å². The Morgan fingerprint density at radius 3 is 1.88 bits per heavy atom. The van der Waals surface area contributed by atoms with Crippen LogP contribution >= 0.6 is 0 Å². The van der Waals surface area contributed by atoms with Gasteiger partial charge in [0.05, 0.1) is 0 Å². The second-order valence-corrected chi connectivity index (χ2v) is 5.74. The summed E-state index contributed by atoms with van der Waals surface area (Å²) in [6, 6.07) is 0.321. The molecule has 0 amide bonds. The van der Waals surface area contributed by atoms with E-state index in [1.807, 2.05) is 20.8 Å². The molecule has 4 nitrogen and oxygen atoms in total. The largest absolute Gasteiger partial charge is 0.328 e. The van der Waals surface area contributed by atoms with Gasteiger partial charge in [-0.25, -0.2) is 0 Å². The van der Waals surface area contributed by atoms with E-state index in [9.17, 15) is 0 Å². The molecule has 5 atom stereocenters. The molecule has 4 heteroatoms. The molecule has 0 rings (SSSR count). The van der Waals surface area contributed by atoms with Gasteiger partial charge >= 0.3 is 0 Å². The monoisotopic (exact) mass is 230 g/mol. The topological polar surface area (TPSA) is 104 Å². The fourth-order valence-electron chi connectivity index (χ4n) is 2.09. The Hall–Kier alpha value is -0.160. The van der Waals surface area contributed by atoms with E-state index in [0.29, 0.717) is 5.92 Å². The molecule has 0 bridgehead atoms. The van der Waals surface area contributed by atoms with E-state index in [4.69, 9.17) is 22.9 Å². The number of hydrogen-bond acceptors (Lipinski definition) is 4. The zero-order valence-electron chi connectivity index (χ0n) is 11.2. The Morgan fingerprint density at radius 1 is 1.00 bits per heavy atom. The molecule has 0 fully saturated rings. The molecule has 0 heterocycles. The lowest BCUT2D eigenvalue weighted by molar-refractivity contribution is 0.253. The summed E-state index contributed by atoms with van der Waals surface area (Å²) < 4.78 is 0. The zero-order valence-corrected chi connectivity index (χ0v) is 11.2. The molecular weight excluding hydrogens is 200 g/mol. The van der Waals surface area contributed by atoms with Crippen LogP contribution in [-0.2, 0) is 0 Å². The van der Waals surface area contributed by atoms with Gasteiger partial charge in [0, 0.05) is 23.7 Å². The van der Waals surface area contributed by atoms with E-state index in [1.54, 1.807) is 0 Å². The highest BCUT2D eigenvalue weighted by Crippen LogP contribution is 2.21. The van der Waals surface area contributed by atoms with Gasteiger partial charge in [0.15, 0.2) is 0 Å². The number of rotatable bonds is 7. The highest BCUT2D eigenvalue weighted by molar-refractivity contribution is 4.94. The van der Waals surface area contributed by atoms with E-state index in [2.05, 4.69) is 6.92 Å². The lowest BCUT2D eigenvalue weighted by atomic mass is 9.79. The first-order chi connectivity index (χ1) is 7.16. The highest BCUT2D eigenvalue weighted by Gasteiger charge is 2.31. The predicted octanol–water partition coefficient (Wildman–Crippen LogP) is 0.532. The molecule has 5 unspecified atom stereocenters. The minimum absolute atomic E-state index is 0.0303. The van der Waals surface area contributed by atoms with Crippen molar-refractivity contribution in [2.75, 3.05) is 0 Å². The van der Waals surface area contributed by atoms with Gasteiger partial charge in [0.2, 0.25) is 0 Å². The van der Waals surface area contributed by atoms with Crippen molar-refractivity contribution in [2.24, 2.45) is 28.9 Å². The zero-order chi connectivity index (χ0) is 12.9. The van der Waals surface area contributed by atoms with Crippen LogP contribution in [0.2, 0.25) is 0 Å². The van der Waals surface area contributed by atoms with Crippen LogP contribution < -0.4 is 22.9 Å². The van der Waals surface area contributed by atoms with E-state index >= 15 is 0 Å². The number of nitrogens with two attached hydrogens (primary N) is 4. The smallest absolute Gasteiger partial charge is 0.0282 e. The maximum absolute atomic E-state index is 6.26. The maximum Gasteiger partial charge on any atom is 0.0282 e. The lowest BCUT2D eigenvalue weighted by Crippen LogP contribution is -2.56. The van der Waals surface area contributed by atoms with Gasteiger partial charge < -0.3 is 22.9 Å². The van der Waals surface area contributed by atoms with E-state index in [1.165, 1.54) is 0 Å². The fraction of sp³-hybridized carbons (Fsp3) is 1.00. The quantitative estimate of drug-likeness (QED) is 0.512. The van der Waals surface area contributed by atoms with Crippen LogP contribution in [0, 0.1) is 5.92 Å². The molecule has 0 aliphatic carbocycles. The minimum Gasteiger partial charge on any atom is -0.328 e. The summed E-state index contributed by atoms with van der Waals surface area (Å²) in [4.78, 5) is 0. The third-order valence-corrected chi connectivity index (χ3v) is 3.26. The van der Waals surface area contributed by atoms with Gasteiger partial charge in [0.25, 0.3) is 0 Å². The van der Waals surface area contributed by atoms with Crippen molar-refractivity contribution in [3.63, 3.8) is 0 Å². The minimum atomic E-state index is -0.359. The van der Waals surface area contributed by atoms with Crippen molar-refractivity contribution in [2.45, 2.75) is 70.6 Å². The predicted molar refractivity (Wildman–Crippen MR) is 70.9 cm³/mol. The van der Waals surface area contributed by atoms with Crippen molar-refractivity contribution in [1.29, 1.82) is 0 Å². The standard InChI is InChI=1S/C12H30N4/c1-8(7-10(3)14)11(15)12(4,16)6-5-9(2)13/h8-11H,5-7,13-16H2,1-4H3. The molecule has 0 aromatic rings. The molecule has 0 aromatic heterocycles. The molecular formula is C12H30N4. The molecule has 0 radical (unpaired) electrons. The van der Waals surface area contributed by atoms with Crippen LogP contribution in [0.1, 0.15) is 47.0 Å². The molecule has 0 aliphatic rings. The maximum atomic E-state index is 6.26. The molecule has 0 saturated heterocycles. The van der Waals surface area contributed by atoms with E-state index in [-0.39, 0.29) is 23.7 Å². The van der Waals surface area contributed by atoms with Crippen molar-refractivity contribution < 1.29 is 0 Å². The normalized spacial score (nSPS) is 23.2.